The normalized spacial score (nSPS) is 12.4. The molecule has 1 heterocycles. The highest BCUT2D eigenvalue weighted by molar-refractivity contribution is 5.92. The smallest absolute Gasteiger partial charge is 0.274 e. The summed E-state index contributed by atoms with van der Waals surface area (Å²) in [6.45, 7) is 9.46. The largest absolute Gasteiger partial charge is 0.335 e. The van der Waals surface area contributed by atoms with E-state index in [0.717, 1.165) is 44.3 Å². The lowest BCUT2D eigenvalue weighted by Crippen LogP contribution is -2.39. The number of aromatic nitrogens is 2. The summed E-state index contributed by atoms with van der Waals surface area (Å²) in [6.07, 6.45) is 7.56. The zero-order valence-corrected chi connectivity index (χ0v) is 14.1. The van der Waals surface area contributed by atoms with E-state index in [4.69, 9.17) is 0 Å². The number of carbonyl (C=O) groups is 1. The number of unbranched alkanes of at least 4 members (excludes halogenated alkanes) is 2. The first-order chi connectivity index (χ1) is 10.1. The van der Waals surface area contributed by atoms with Crippen molar-refractivity contribution in [3.05, 3.63) is 17.5 Å². The minimum Gasteiger partial charge on any atom is -0.335 e. The molecule has 0 aliphatic heterocycles. The number of carbonyl (C=O) groups excluding carboxylic acids is 1. The summed E-state index contributed by atoms with van der Waals surface area (Å²) < 4.78 is 0. The van der Waals surface area contributed by atoms with E-state index in [1.807, 2.05) is 11.0 Å². The number of hydrogen-bond donors (Lipinski definition) is 1. The molecule has 0 aliphatic rings. The molecule has 0 spiro atoms. The predicted molar refractivity (Wildman–Crippen MR) is 87.5 cm³/mol. The Morgan fingerprint density at radius 2 is 2.00 bits per heavy atom. The zero-order valence-electron chi connectivity index (χ0n) is 14.1. The Morgan fingerprint density at radius 1 is 1.24 bits per heavy atom. The first-order valence-electron chi connectivity index (χ1n) is 8.49. The molecule has 1 aromatic rings. The Hall–Kier alpha value is -1.32. The molecule has 0 saturated heterocycles. The van der Waals surface area contributed by atoms with E-state index in [0.29, 0.717) is 5.69 Å². The van der Waals surface area contributed by atoms with Crippen molar-refractivity contribution in [2.75, 3.05) is 6.54 Å². The molecule has 1 atom stereocenters. The Bertz CT molecular complexity index is 414. The SMILES string of the molecule is CCCCCN(C(=O)c1cc(CCC)[nH]n1)C(C)CCC. The highest BCUT2D eigenvalue weighted by Gasteiger charge is 2.22. The molecule has 21 heavy (non-hydrogen) atoms. The standard InChI is InChI=1S/C17H31N3O/c1-5-8-9-12-20(14(4)10-6-2)17(21)16-13-15(11-7-3)18-19-16/h13-14H,5-12H2,1-4H3,(H,18,19). The minimum atomic E-state index is 0.0747. The Kier molecular flexibility index (Phi) is 8.09. The molecule has 1 unspecified atom stereocenters. The molecule has 0 aliphatic carbocycles. The summed E-state index contributed by atoms with van der Waals surface area (Å²) in [7, 11) is 0. The predicted octanol–water partition coefficient (Wildman–Crippen LogP) is 4.18. The quantitative estimate of drug-likeness (QED) is 0.658. The molecule has 4 heteroatoms. The summed E-state index contributed by atoms with van der Waals surface area (Å²) in [5.41, 5.74) is 1.62. The van der Waals surface area contributed by atoms with Gasteiger partial charge in [0.05, 0.1) is 0 Å². The number of hydrogen-bond acceptors (Lipinski definition) is 2. The molecule has 1 aromatic heterocycles. The lowest BCUT2D eigenvalue weighted by Gasteiger charge is -2.28. The van der Waals surface area contributed by atoms with Gasteiger partial charge in [0.25, 0.3) is 5.91 Å². The van der Waals surface area contributed by atoms with Crippen LogP contribution in [0.5, 0.6) is 0 Å². The molecule has 0 bridgehead atoms. The first kappa shape index (κ1) is 17.7. The van der Waals surface area contributed by atoms with Crippen LogP contribution < -0.4 is 0 Å². The van der Waals surface area contributed by atoms with E-state index in [1.165, 1.54) is 12.8 Å². The number of rotatable bonds is 10. The van der Waals surface area contributed by atoms with E-state index in [9.17, 15) is 4.79 Å². The molecular formula is C17H31N3O. The molecule has 0 fully saturated rings. The maximum Gasteiger partial charge on any atom is 0.274 e. The average molecular weight is 293 g/mol. The van der Waals surface area contributed by atoms with Crippen molar-refractivity contribution in [3.8, 4) is 0 Å². The molecule has 0 radical (unpaired) electrons. The van der Waals surface area contributed by atoms with Gasteiger partial charge in [-0.3, -0.25) is 9.89 Å². The zero-order chi connectivity index (χ0) is 15.7. The number of aromatic amines is 1. The second-order valence-corrected chi connectivity index (χ2v) is 5.87. The van der Waals surface area contributed by atoms with Crippen LogP contribution in [0.15, 0.2) is 6.07 Å². The van der Waals surface area contributed by atoms with Crippen LogP contribution in [-0.4, -0.2) is 33.6 Å². The van der Waals surface area contributed by atoms with Crippen LogP contribution in [0, 0.1) is 0 Å². The van der Waals surface area contributed by atoms with Crippen LogP contribution in [0.25, 0.3) is 0 Å². The van der Waals surface area contributed by atoms with Gasteiger partial charge in [-0.25, -0.2) is 0 Å². The maximum atomic E-state index is 12.7. The van der Waals surface area contributed by atoms with Crippen molar-refractivity contribution in [2.24, 2.45) is 0 Å². The van der Waals surface area contributed by atoms with Crippen LogP contribution >= 0.6 is 0 Å². The van der Waals surface area contributed by atoms with E-state index >= 15 is 0 Å². The fourth-order valence-electron chi connectivity index (χ4n) is 2.64. The third-order valence-electron chi connectivity index (χ3n) is 3.87. The number of H-pyrrole nitrogens is 1. The fourth-order valence-corrected chi connectivity index (χ4v) is 2.64. The van der Waals surface area contributed by atoms with Crippen molar-refractivity contribution in [3.63, 3.8) is 0 Å². The van der Waals surface area contributed by atoms with Crippen molar-refractivity contribution in [1.82, 2.24) is 15.1 Å². The van der Waals surface area contributed by atoms with Crippen LogP contribution in [-0.2, 0) is 6.42 Å². The van der Waals surface area contributed by atoms with Crippen molar-refractivity contribution >= 4 is 5.91 Å². The van der Waals surface area contributed by atoms with Crippen LogP contribution in [0.4, 0.5) is 0 Å². The Morgan fingerprint density at radius 3 is 2.62 bits per heavy atom. The molecular weight excluding hydrogens is 262 g/mol. The van der Waals surface area contributed by atoms with Gasteiger partial charge in [0.1, 0.15) is 5.69 Å². The lowest BCUT2D eigenvalue weighted by atomic mass is 10.1. The molecule has 0 saturated carbocycles. The first-order valence-corrected chi connectivity index (χ1v) is 8.49. The van der Waals surface area contributed by atoms with Gasteiger partial charge < -0.3 is 4.90 Å². The van der Waals surface area contributed by atoms with Gasteiger partial charge in [-0.1, -0.05) is 46.5 Å². The average Bonchev–Trinajstić information content (AvgIpc) is 2.92. The summed E-state index contributed by atoms with van der Waals surface area (Å²) in [5.74, 6) is 0.0747. The molecule has 1 N–H and O–H groups in total. The summed E-state index contributed by atoms with van der Waals surface area (Å²) in [6, 6.07) is 2.20. The van der Waals surface area contributed by atoms with Gasteiger partial charge in [0.2, 0.25) is 0 Å². The second-order valence-electron chi connectivity index (χ2n) is 5.87. The van der Waals surface area contributed by atoms with Gasteiger partial charge in [-0.05, 0) is 32.3 Å². The number of amides is 1. The summed E-state index contributed by atoms with van der Waals surface area (Å²) >= 11 is 0. The third-order valence-corrected chi connectivity index (χ3v) is 3.87. The summed E-state index contributed by atoms with van der Waals surface area (Å²) in [4.78, 5) is 14.7. The molecule has 4 nitrogen and oxygen atoms in total. The van der Waals surface area contributed by atoms with Crippen molar-refractivity contribution in [2.45, 2.75) is 78.7 Å². The van der Waals surface area contributed by atoms with Crippen molar-refractivity contribution in [1.29, 1.82) is 0 Å². The van der Waals surface area contributed by atoms with Crippen LogP contribution in [0.3, 0.4) is 0 Å². The van der Waals surface area contributed by atoms with Gasteiger partial charge in [0.15, 0.2) is 0 Å². The third kappa shape index (κ3) is 5.52. The minimum absolute atomic E-state index is 0.0747. The van der Waals surface area contributed by atoms with E-state index in [-0.39, 0.29) is 11.9 Å². The highest BCUT2D eigenvalue weighted by Crippen LogP contribution is 2.14. The lowest BCUT2D eigenvalue weighted by molar-refractivity contribution is 0.0673. The van der Waals surface area contributed by atoms with Gasteiger partial charge >= 0.3 is 0 Å². The number of nitrogens with one attached hydrogen (secondary N) is 1. The second kappa shape index (κ2) is 9.59. The molecule has 0 aromatic carbocycles. The van der Waals surface area contributed by atoms with Gasteiger partial charge in [-0.15, -0.1) is 0 Å². The van der Waals surface area contributed by atoms with Crippen LogP contribution in [0.1, 0.15) is 82.4 Å². The highest BCUT2D eigenvalue weighted by atomic mass is 16.2. The fraction of sp³-hybridized carbons (Fsp3) is 0.765. The number of nitrogens with zero attached hydrogens (tertiary/aromatic N) is 2. The monoisotopic (exact) mass is 293 g/mol. The summed E-state index contributed by atoms with van der Waals surface area (Å²) in [5, 5.41) is 7.19. The van der Waals surface area contributed by atoms with E-state index in [2.05, 4.69) is 37.9 Å². The van der Waals surface area contributed by atoms with Gasteiger partial charge in [0, 0.05) is 18.3 Å². The Balaban J connectivity index is 2.76. The maximum absolute atomic E-state index is 12.7. The van der Waals surface area contributed by atoms with Crippen LogP contribution in [0.2, 0.25) is 0 Å². The molecule has 1 amide bonds. The Labute approximate surface area is 129 Å². The van der Waals surface area contributed by atoms with E-state index < -0.39 is 0 Å². The van der Waals surface area contributed by atoms with E-state index in [1.54, 1.807) is 0 Å². The van der Waals surface area contributed by atoms with Crippen molar-refractivity contribution < 1.29 is 4.79 Å². The number of aryl methyl sites for hydroxylation is 1. The topological polar surface area (TPSA) is 49.0 Å². The molecule has 120 valence electrons. The molecule has 1 rings (SSSR count). The van der Waals surface area contributed by atoms with Gasteiger partial charge in [-0.2, -0.15) is 5.10 Å².